The largest absolute Gasteiger partial charge is 0.496 e. The number of aryl methyl sites for hydroxylation is 1. The number of aromatic amines is 1. The van der Waals surface area contributed by atoms with E-state index in [4.69, 9.17) is 9.47 Å². The maximum atomic E-state index is 11.5. The molecule has 100 valence electrons. The van der Waals surface area contributed by atoms with Gasteiger partial charge < -0.3 is 14.5 Å². The third-order valence-corrected chi connectivity index (χ3v) is 3.48. The van der Waals surface area contributed by atoms with E-state index in [1.165, 1.54) is 7.11 Å². The molecule has 2 aromatic rings. The molecule has 1 N–H and O–H groups in total. The first-order chi connectivity index (χ1) is 9.06. The normalized spacial score (nSPS) is 10.3. The number of halogens is 1. The van der Waals surface area contributed by atoms with Crippen LogP contribution in [0.4, 0.5) is 0 Å². The number of H-pyrrole nitrogens is 1. The van der Waals surface area contributed by atoms with Gasteiger partial charge in [0.25, 0.3) is 0 Å². The van der Waals surface area contributed by atoms with Crippen molar-refractivity contribution in [1.82, 2.24) is 4.98 Å². The zero-order valence-corrected chi connectivity index (χ0v) is 12.5. The fraction of sp³-hybridized carbons (Fsp3) is 0.214. The van der Waals surface area contributed by atoms with Crippen molar-refractivity contribution in [2.24, 2.45) is 0 Å². The van der Waals surface area contributed by atoms with E-state index in [1.54, 1.807) is 13.2 Å². The Balaban J connectivity index is 2.44. The van der Waals surface area contributed by atoms with E-state index in [1.807, 2.05) is 25.1 Å². The van der Waals surface area contributed by atoms with E-state index in [-0.39, 0.29) is 5.97 Å². The van der Waals surface area contributed by atoms with Crippen LogP contribution < -0.4 is 4.74 Å². The molecule has 4 nitrogen and oxygen atoms in total. The molecule has 1 aromatic heterocycles. The Kier molecular flexibility index (Phi) is 3.95. The first-order valence-corrected chi connectivity index (χ1v) is 6.48. The Labute approximate surface area is 119 Å². The van der Waals surface area contributed by atoms with E-state index in [0.29, 0.717) is 5.69 Å². The van der Waals surface area contributed by atoms with Crippen molar-refractivity contribution >= 4 is 21.9 Å². The quantitative estimate of drug-likeness (QED) is 0.879. The molecular formula is C14H14BrNO3. The molecule has 0 saturated carbocycles. The van der Waals surface area contributed by atoms with Crippen LogP contribution in [0.15, 0.2) is 28.7 Å². The molecule has 0 amide bonds. The molecule has 0 aliphatic carbocycles. The summed E-state index contributed by atoms with van der Waals surface area (Å²) in [6, 6.07) is 7.53. The van der Waals surface area contributed by atoms with Crippen molar-refractivity contribution in [3.8, 4) is 17.0 Å². The number of nitrogens with one attached hydrogen (secondary N) is 1. The minimum Gasteiger partial charge on any atom is -0.496 e. The van der Waals surface area contributed by atoms with Crippen molar-refractivity contribution in [3.05, 3.63) is 40.0 Å². The molecule has 5 heteroatoms. The van der Waals surface area contributed by atoms with Gasteiger partial charge in [0, 0.05) is 5.69 Å². The molecule has 0 spiro atoms. The van der Waals surface area contributed by atoms with E-state index in [9.17, 15) is 4.79 Å². The number of benzene rings is 1. The van der Waals surface area contributed by atoms with Gasteiger partial charge in [-0.2, -0.15) is 0 Å². The number of hydrogen-bond donors (Lipinski definition) is 1. The Morgan fingerprint density at radius 1 is 1.26 bits per heavy atom. The number of carbonyl (C=O) groups excluding carboxylic acids is 1. The number of aromatic nitrogens is 1. The van der Waals surface area contributed by atoms with Crippen LogP contribution in [0.2, 0.25) is 0 Å². The van der Waals surface area contributed by atoms with Crippen molar-refractivity contribution < 1.29 is 14.3 Å². The van der Waals surface area contributed by atoms with E-state index < -0.39 is 0 Å². The fourth-order valence-electron chi connectivity index (χ4n) is 1.90. The highest BCUT2D eigenvalue weighted by Gasteiger charge is 2.13. The number of rotatable bonds is 3. The Bertz CT molecular complexity index is 619. The zero-order valence-electron chi connectivity index (χ0n) is 10.9. The lowest BCUT2D eigenvalue weighted by Gasteiger charge is -2.06. The van der Waals surface area contributed by atoms with Crippen LogP contribution in [-0.2, 0) is 4.74 Å². The van der Waals surface area contributed by atoms with Crippen LogP contribution in [0.1, 0.15) is 16.1 Å². The molecule has 19 heavy (non-hydrogen) atoms. The molecule has 1 aromatic carbocycles. The van der Waals surface area contributed by atoms with E-state index >= 15 is 0 Å². The second-order valence-electron chi connectivity index (χ2n) is 4.08. The summed E-state index contributed by atoms with van der Waals surface area (Å²) in [7, 11) is 2.98. The maximum Gasteiger partial charge on any atom is 0.354 e. The van der Waals surface area contributed by atoms with Gasteiger partial charge in [0.2, 0.25) is 0 Å². The Morgan fingerprint density at radius 3 is 2.58 bits per heavy atom. The molecule has 0 aliphatic heterocycles. The number of esters is 1. The number of ether oxygens (including phenoxy) is 2. The van der Waals surface area contributed by atoms with Crippen molar-refractivity contribution in [2.75, 3.05) is 14.2 Å². The molecular weight excluding hydrogens is 310 g/mol. The van der Waals surface area contributed by atoms with Gasteiger partial charge in [0.1, 0.15) is 11.4 Å². The van der Waals surface area contributed by atoms with Crippen LogP contribution >= 0.6 is 15.9 Å². The molecule has 1 heterocycles. The molecule has 0 unspecified atom stereocenters. The van der Waals surface area contributed by atoms with Gasteiger partial charge in [-0.05, 0) is 58.2 Å². The van der Waals surface area contributed by atoms with Crippen LogP contribution in [0.3, 0.4) is 0 Å². The summed E-state index contributed by atoms with van der Waals surface area (Å²) in [4.78, 5) is 14.6. The predicted molar refractivity (Wildman–Crippen MR) is 76.6 cm³/mol. The molecule has 2 rings (SSSR count). The minimum atomic E-state index is -0.373. The zero-order chi connectivity index (χ0) is 14.0. The first-order valence-electron chi connectivity index (χ1n) is 5.68. The van der Waals surface area contributed by atoms with Crippen LogP contribution in [0.5, 0.6) is 5.75 Å². The third-order valence-electron chi connectivity index (χ3n) is 2.86. The summed E-state index contributed by atoms with van der Waals surface area (Å²) in [5, 5.41) is 0. The number of hydrogen-bond acceptors (Lipinski definition) is 3. The molecule has 0 aliphatic rings. The molecule has 0 saturated heterocycles. The fourth-order valence-corrected chi connectivity index (χ4v) is 2.44. The van der Waals surface area contributed by atoms with Crippen molar-refractivity contribution in [3.63, 3.8) is 0 Å². The SMILES string of the molecule is COC(=O)c1cc(C)c(-c2ccc(OC)c(Br)c2)[nH]1. The van der Waals surface area contributed by atoms with Gasteiger partial charge in [-0.25, -0.2) is 4.79 Å². The molecule has 0 bridgehead atoms. The number of methoxy groups -OCH3 is 2. The summed E-state index contributed by atoms with van der Waals surface area (Å²) in [5.74, 6) is 0.392. The lowest BCUT2D eigenvalue weighted by Crippen LogP contribution is -2.00. The summed E-state index contributed by atoms with van der Waals surface area (Å²) < 4.78 is 10.8. The highest BCUT2D eigenvalue weighted by molar-refractivity contribution is 9.10. The van der Waals surface area contributed by atoms with Gasteiger partial charge >= 0.3 is 5.97 Å². The smallest absolute Gasteiger partial charge is 0.354 e. The van der Waals surface area contributed by atoms with Gasteiger partial charge in [0.15, 0.2) is 0 Å². The summed E-state index contributed by atoms with van der Waals surface area (Å²) in [5.41, 5.74) is 3.29. The van der Waals surface area contributed by atoms with Crippen LogP contribution in [0, 0.1) is 6.92 Å². The average molecular weight is 324 g/mol. The summed E-state index contributed by atoms with van der Waals surface area (Å²) >= 11 is 3.45. The molecule has 0 fully saturated rings. The van der Waals surface area contributed by atoms with E-state index in [2.05, 4.69) is 20.9 Å². The first kappa shape index (κ1) is 13.7. The molecule has 0 atom stereocenters. The van der Waals surface area contributed by atoms with Gasteiger partial charge in [0.05, 0.1) is 18.7 Å². The Hall–Kier alpha value is -1.75. The second-order valence-corrected chi connectivity index (χ2v) is 4.94. The maximum absolute atomic E-state index is 11.5. The molecule has 0 radical (unpaired) electrons. The van der Waals surface area contributed by atoms with E-state index in [0.717, 1.165) is 27.0 Å². The van der Waals surface area contributed by atoms with Gasteiger partial charge in [-0.15, -0.1) is 0 Å². The lowest BCUT2D eigenvalue weighted by molar-refractivity contribution is 0.0595. The predicted octanol–water partition coefficient (Wildman–Crippen LogP) is 3.55. The third kappa shape index (κ3) is 2.66. The average Bonchev–Trinajstić information content (AvgIpc) is 2.80. The standard InChI is InChI=1S/C14H14BrNO3/c1-8-6-11(14(17)19-3)16-13(8)9-4-5-12(18-2)10(15)7-9/h4-7,16H,1-3H3. The summed E-state index contributed by atoms with van der Waals surface area (Å²) in [6.45, 7) is 1.94. The van der Waals surface area contributed by atoms with Gasteiger partial charge in [-0.1, -0.05) is 0 Å². The second kappa shape index (κ2) is 5.48. The Morgan fingerprint density at radius 2 is 2.00 bits per heavy atom. The lowest BCUT2D eigenvalue weighted by atomic mass is 10.1. The monoisotopic (exact) mass is 323 g/mol. The number of carbonyl (C=O) groups is 1. The van der Waals surface area contributed by atoms with Crippen molar-refractivity contribution in [2.45, 2.75) is 6.92 Å². The van der Waals surface area contributed by atoms with Crippen LogP contribution in [-0.4, -0.2) is 25.2 Å². The highest BCUT2D eigenvalue weighted by Crippen LogP contribution is 2.31. The van der Waals surface area contributed by atoms with Gasteiger partial charge in [-0.3, -0.25) is 0 Å². The van der Waals surface area contributed by atoms with Crippen LogP contribution in [0.25, 0.3) is 11.3 Å². The highest BCUT2D eigenvalue weighted by atomic mass is 79.9. The minimum absolute atomic E-state index is 0.373. The summed E-state index contributed by atoms with van der Waals surface area (Å²) in [6.07, 6.45) is 0. The van der Waals surface area contributed by atoms with Crippen molar-refractivity contribution in [1.29, 1.82) is 0 Å². The topological polar surface area (TPSA) is 51.3 Å².